The molecule has 1 aliphatic carbocycles. The summed E-state index contributed by atoms with van der Waals surface area (Å²) in [5.74, 6) is 0. The second-order valence-electron chi connectivity index (χ2n) is 4.53. The van der Waals surface area contributed by atoms with E-state index in [2.05, 4.69) is 31.2 Å². The Morgan fingerprint density at radius 3 is 2.60 bits per heavy atom. The van der Waals surface area contributed by atoms with E-state index >= 15 is 0 Å². The van der Waals surface area contributed by atoms with E-state index in [1.54, 1.807) is 7.11 Å². The standard InChI is InChI=1S/C13H19NO/c1-10(14)13(7-8-13)12-6-4-3-5-11(12)9-15-2/h3-6,10H,7-9,14H2,1-2H3. The third kappa shape index (κ3) is 1.80. The maximum atomic E-state index is 6.09. The first-order chi connectivity index (χ1) is 7.20. The lowest BCUT2D eigenvalue weighted by atomic mass is 9.86. The highest BCUT2D eigenvalue weighted by Gasteiger charge is 2.48. The second-order valence-corrected chi connectivity index (χ2v) is 4.53. The molecule has 1 fully saturated rings. The van der Waals surface area contributed by atoms with Crippen molar-refractivity contribution in [3.63, 3.8) is 0 Å². The van der Waals surface area contributed by atoms with E-state index in [4.69, 9.17) is 10.5 Å². The largest absolute Gasteiger partial charge is 0.380 e. The van der Waals surface area contributed by atoms with Crippen LogP contribution in [0.1, 0.15) is 30.9 Å². The third-order valence-electron chi connectivity index (χ3n) is 3.51. The highest BCUT2D eigenvalue weighted by atomic mass is 16.5. The molecule has 2 N–H and O–H groups in total. The number of hydrogen-bond acceptors (Lipinski definition) is 2. The Kier molecular flexibility index (Phi) is 2.81. The molecule has 0 heterocycles. The molecule has 0 aromatic heterocycles. The van der Waals surface area contributed by atoms with Crippen LogP contribution in [0.25, 0.3) is 0 Å². The third-order valence-corrected chi connectivity index (χ3v) is 3.51. The maximum Gasteiger partial charge on any atom is 0.0715 e. The molecule has 2 nitrogen and oxygen atoms in total. The number of rotatable bonds is 4. The van der Waals surface area contributed by atoms with Gasteiger partial charge in [0.2, 0.25) is 0 Å². The van der Waals surface area contributed by atoms with Crippen LogP contribution in [0, 0.1) is 0 Å². The molecule has 15 heavy (non-hydrogen) atoms. The number of benzene rings is 1. The van der Waals surface area contributed by atoms with Gasteiger partial charge in [-0.05, 0) is 30.9 Å². The van der Waals surface area contributed by atoms with Crippen LogP contribution in [0.5, 0.6) is 0 Å². The monoisotopic (exact) mass is 205 g/mol. The van der Waals surface area contributed by atoms with Gasteiger partial charge in [-0.1, -0.05) is 24.3 Å². The lowest BCUT2D eigenvalue weighted by molar-refractivity contribution is 0.183. The summed E-state index contributed by atoms with van der Waals surface area (Å²) in [5.41, 5.74) is 9.00. The lowest BCUT2D eigenvalue weighted by Gasteiger charge is -2.23. The molecular formula is C13H19NO. The topological polar surface area (TPSA) is 35.2 Å². The zero-order chi connectivity index (χ0) is 10.9. The number of hydrogen-bond donors (Lipinski definition) is 1. The first-order valence-corrected chi connectivity index (χ1v) is 5.53. The molecular weight excluding hydrogens is 186 g/mol. The van der Waals surface area contributed by atoms with Crippen LogP contribution in [0.2, 0.25) is 0 Å². The van der Waals surface area contributed by atoms with E-state index < -0.39 is 0 Å². The summed E-state index contributed by atoms with van der Waals surface area (Å²) in [5, 5.41) is 0. The summed E-state index contributed by atoms with van der Waals surface area (Å²) >= 11 is 0. The van der Waals surface area contributed by atoms with Crippen LogP contribution in [0.4, 0.5) is 0 Å². The van der Waals surface area contributed by atoms with Crippen LogP contribution in [-0.2, 0) is 16.8 Å². The molecule has 1 unspecified atom stereocenters. The van der Waals surface area contributed by atoms with Crippen LogP contribution in [0.3, 0.4) is 0 Å². The molecule has 2 rings (SSSR count). The highest BCUT2D eigenvalue weighted by Crippen LogP contribution is 2.51. The molecule has 1 atom stereocenters. The Hall–Kier alpha value is -0.860. The van der Waals surface area contributed by atoms with Crippen molar-refractivity contribution in [3.05, 3.63) is 35.4 Å². The van der Waals surface area contributed by atoms with Crippen molar-refractivity contribution < 1.29 is 4.74 Å². The lowest BCUT2D eigenvalue weighted by Crippen LogP contribution is -2.32. The van der Waals surface area contributed by atoms with Gasteiger partial charge in [-0.15, -0.1) is 0 Å². The molecule has 2 heteroatoms. The predicted octanol–water partition coefficient (Wildman–Crippen LogP) is 2.21. The average Bonchev–Trinajstić information content (AvgIpc) is 3.00. The van der Waals surface area contributed by atoms with Crippen molar-refractivity contribution in [1.29, 1.82) is 0 Å². The van der Waals surface area contributed by atoms with Crippen LogP contribution in [0.15, 0.2) is 24.3 Å². The van der Waals surface area contributed by atoms with Gasteiger partial charge in [0.1, 0.15) is 0 Å². The number of methoxy groups -OCH3 is 1. The number of ether oxygens (including phenoxy) is 1. The SMILES string of the molecule is COCc1ccccc1C1(C(C)N)CC1. The van der Waals surface area contributed by atoms with Crippen molar-refractivity contribution in [2.24, 2.45) is 5.73 Å². The quantitative estimate of drug-likeness (QED) is 0.818. The zero-order valence-electron chi connectivity index (χ0n) is 9.49. The minimum absolute atomic E-state index is 0.231. The smallest absolute Gasteiger partial charge is 0.0715 e. The normalized spacial score (nSPS) is 19.9. The van der Waals surface area contributed by atoms with Crippen molar-refractivity contribution in [3.8, 4) is 0 Å². The first-order valence-electron chi connectivity index (χ1n) is 5.53. The minimum atomic E-state index is 0.231. The summed E-state index contributed by atoms with van der Waals surface area (Å²) in [6.45, 7) is 2.79. The van der Waals surface area contributed by atoms with E-state index in [-0.39, 0.29) is 11.5 Å². The summed E-state index contributed by atoms with van der Waals surface area (Å²) in [6, 6.07) is 8.73. The fourth-order valence-electron chi connectivity index (χ4n) is 2.39. The fourth-order valence-corrected chi connectivity index (χ4v) is 2.39. The molecule has 1 aromatic carbocycles. The van der Waals surface area contributed by atoms with Gasteiger partial charge in [0, 0.05) is 18.6 Å². The van der Waals surface area contributed by atoms with Gasteiger partial charge in [-0.25, -0.2) is 0 Å². The molecule has 0 amide bonds. The van der Waals surface area contributed by atoms with Crippen LogP contribution < -0.4 is 5.73 Å². The summed E-state index contributed by atoms with van der Waals surface area (Å²) in [4.78, 5) is 0. The van der Waals surface area contributed by atoms with Gasteiger partial charge in [-0.3, -0.25) is 0 Å². The van der Waals surface area contributed by atoms with Gasteiger partial charge >= 0.3 is 0 Å². The van der Waals surface area contributed by atoms with E-state index in [0.29, 0.717) is 6.61 Å². The Labute approximate surface area is 91.4 Å². The van der Waals surface area contributed by atoms with Crippen molar-refractivity contribution in [2.45, 2.75) is 37.8 Å². The molecule has 82 valence electrons. The van der Waals surface area contributed by atoms with Crippen molar-refractivity contribution in [1.82, 2.24) is 0 Å². The Morgan fingerprint density at radius 1 is 1.40 bits per heavy atom. The summed E-state index contributed by atoms with van der Waals surface area (Å²) in [6.07, 6.45) is 2.43. The molecule has 1 aromatic rings. The van der Waals surface area contributed by atoms with Gasteiger partial charge < -0.3 is 10.5 Å². The van der Waals surface area contributed by atoms with Gasteiger partial charge in [0.15, 0.2) is 0 Å². The number of nitrogens with two attached hydrogens (primary N) is 1. The van der Waals surface area contributed by atoms with E-state index in [9.17, 15) is 0 Å². The average molecular weight is 205 g/mol. The molecule has 0 spiro atoms. The zero-order valence-corrected chi connectivity index (χ0v) is 9.49. The van der Waals surface area contributed by atoms with E-state index in [1.165, 1.54) is 24.0 Å². The van der Waals surface area contributed by atoms with Gasteiger partial charge in [-0.2, -0.15) is 0 Å². The van der Waals surface area contributed by atoms with Gasteiger partial charge in [0.25, 0.3) is 0 Å². The summed E-state index contributed by atoms with van der Waals surface area (Å²) < 4.78 is 5.23. The molecule has 0 aliphatic heterocycles. The molecule has 0 saturated heterocycles. The highest BCUT2D eigenvalue weighted by molar-refractivity contribution is 5.39. The molecule has 1 aliphatic rings. The summed E-state index contributed by atoms with van der Waals surface area (Å²) in [7, 11) is 1.74. The molecule has 0 bridgehead atoms. The Bertz CT molecular complexity index is 342. The van der Waals surface area contributed by atoms with Crippen molar-refractivity contribution >= 4 is 0 Å². The maximum absolute atomic E-state index is 6.09. The Morgan fingerprint density at radius 2 is 2.07 bits per heavy atom. The Balaban J connectivity index is 2.35. The van der Waals surface area contributed by atoms with E-state index in [0.717, 1.165) is 0 Å². The predicted molar refractivity (Wildman–Crippen MR) is 61.7 cm³/mol. The van der Waals surface area contributed by atoms with Gasteiger partial charge in [0.05, 0.1) is 6.61 Å². The van der Waals surface area contributed by atoms with Crippen molar-refractivity contribution in [2.75, 3.05) is 7.11 Å². The van der Waals surface area contributed by atoms with Crippen LogP contribution >= 0.6 is 0 Å². The van der Waals surface area contributed by atoms with E-state index in [1.807, 2.05) is 0 Å². The second kappa shape index (κ2) is 3.95. The minimum Gasteiger partial charge on any atom is -0.380 e. The van der Waals surface area contributed by atoms with Crippen LogP contribution in [-0.4, -0.2) is 13.2 Å². The molecule has 1 saturated carbocycles. The first kappa shape index (κ1) is 10.7. The molecule has 0 radical (unpaired) electrons. The fraction of sp³-hybridized carbons (Fsp3) is 0.538.